The number of halogens is 1. The van der Waals surface area contributed by atoms with E-state index in [1.807, 2.05) is 13.8 Å². The van der Waals surface area contributed by atoms with Gasteiger partial charge in [0.1, 0.15) is 0 Å². The molecule has 0 aliphatic carbocycles. The second-order valence-corrected chi connectivity index (χ2v) is 4.86. The van der Waals surface area contributed by atoms with Crippen molar-refractivity contribution >= 4 is 21.8 Å². The van der Waals surface area contributed by atoms with Crippen molar-refractivity contribution in [2.24, 2.45) is 0 Å². The van der Waals surface area contributed by atoms with E-state index >= 15 is 0 Å². The number of amides is 1. The molecule has 0 aromatic carbocycles. The van der Waals surface area contributed by atoms with Gasteiger partial charge in [0.05, 0.1) is 0 Å². The molecule has 3 nitrogen and oxygen atoms in total. The van der Waals surface area contributed by atoms with E-state index in [0.717, 1.165) is 30.5 Å². The summed E-state index contributed by atoms with van der Waals surface area (Å²) in [4.78, 5) is 10.6. The highest BCUT2D eigenvalue weighted by molar-refractivity contribution is 9.11. The summed E-state index contributed by atoms with van der Waals surface area (Å²) in [7, 11) is 0. The molecule has 0 saturated heterocycles. The van der Waals surface area contributed by atoms with Crippen LogP contribution in [0, 0.1) is 0 Å². The third-order valence-corrected chi connectivity index (χ3v) is 2.22. The van der Waals surface area contributed by atoms with Gasteiger partial charge in [0, 0.05) is 20.0 Å². The van der Waals surface area contributed by atoms with Crippen molar-refractivity contribution in [3.63, 3.8) is 0 Å². The molecular formula is C12H21BrN2O. The highest BCUT2D eigenvalue weighted by Crippen LogP contribution is 2.07. The molecule has 0 unspecified atom stereocenters. The van der Waals surface area contributed by atoms with Crippen LogP contribution in [0.3, 0.4) is 0 Å². The normalized spacial score (nSPS) is 12.8. The molecule has 0 aromatic rings. The average Bonchev–Trinajstić information content (AvgIpc) is 2.20. The minimum Gasteiger partial charge on any atom is -0.356 e. The van der Waals surface area contributed by atoms with Crippen molar-refractivity contribution in [2.45, 2.75) is 27.2 Å². The van der Waals surface area contributed by atoms with Crippen molar-refractivity contribution < 1.29 is 4.79 Å². The molecule has 1 amide bonds. The molecular weight excluding hydrogens is 268 g/mol. The molecule has 0 aliphatic rings. The first kappa shape index (κ1) is 15.4. The fourth-order valence-electron chi connectivity index (χ4n) is 1.20. The molecule has 16 heavy (non-hydrogen) atoms. The van der Waals surface area contributed by atoms with Crippen LogP contribution < -0.4 is 10.6 Å². The SMILES string of the molecule is C/C=C(\C=C(/C)Br)CNCCCNC(C)=O. The van der Waals surface area contributed by atoms with E-state index in [-0.39, 0.29) is 5.91 Å². The van der Waals surface area contributed by atoms with Crippen LogP contribution in [-0.2, 0) is 4.79 Å². The highest BCUT2D eigenvalue weighted by Gasteiger charge is 1.94. The Bertz CT molecular complexity index is 268. The average molecular weight is 289 g/mol. The van der Waals surface area contributed by atoms with Gasteiger partial charge >= 0.3 is 0 Å². The Balaban J connectivity index is 3.57. The summed E-state index contributed by atoms with van der Waals surface area (Å²) >= 11 is 3.41. The Labute approximate surface area is 107 Å². The van der Waals surface area contributed by atoms with Crippen LogP contribution >= 0.6 is 15.9 Å². The molecule has 92 valence electrons. The summed E-state index contributed by atoms with van der Waals surface area (Å²) in [5, 5.41) is 6.10. The zero-order valence-electron chi connectivity index (χ0n) is 10.3. The summed E-state index contributed by atoms with van der Waals surface area (Å²) in [6, 6.07) is 0. The lowest BCUT2D eigenvalue weighted by molar-refractivity contribution is -0.118. The maximum Gasteiger partial charge on any atom is 0.216 e. The predicted octanol–water partition coefficient (Wildman–Crippen LogP) is 2.35. The van der Waals surface area contributed by atoms with Gasteiger partial charge in [-0.2, -0.15) is 0 Å². The molecule has 0 radical (unpaired) electrons. The van der Waals surface area contributed by atoms with E-state index in [1.165, 1.54) is 12.5 Å². The molecule has 0 heterocycles. The van der Waals surface area contributed by atoms with E-state index in [2.05, 4.69) is 38.7 Å². The molecule has 0 spiro atoms. The van der Waals surface area contributed by atoms with E-state index in [4.69, 9.17) is 0 Å². The quantitative estimate of drug-likeness (QED) is 0.558. The maximum absolute atomic E-state index is 10.6. The molecule has 0 rings (SSSR count). The zero-order valence-corrected chi connectivity index (χ0v) is 11.9. The molecule has 2 N–H and O–H groups in total. The number of nitrogens with one attached hydrogen (secondary N) is 2. The van der Waals surface area contributed by atoms with Gasteiger partial charge in [-0.25, -0.2) is 0 Å². The first-order chi connectivity index (χ1) is 7.56. The number of carbonyl (C=O) groups excluding carboxylic acids is 1. The number of carbonyl (C=O) groups is 1. The summed E-state index contributed by atoms with van der Waals surface area (Å²) in [6.07, 6.45) is 5.14. The molecule has 0 aliphatic heterocycles. The summed E-state index contributed by atoms with van der Waals surface area (Å²) in [5.74, 6) is 0.0342. The first-order valence-corrected chi connectivity index (χ1v) is 6.29. The summed E-state index contributed by atoms with van der Waals surface area (Å²) in [5.41, 5.74) is 1.26. The van der Waals surface area contributed by atoms with Gasteiger partial charge in [-0.3, -0.25) is 4.79 Å². The minimum absolute atomic E-state index is 0.0342. The predicted molar refractivity (Wildman–Crippen MR) is 72.6 cm³/mol. The highest BCUT2D eigenvalue weighted by atomic mass is 79.9. The fraction of sp³-hybridized carbons (Fsp3) is 0.583. The van der Waals surface area contributed by atoms with Crippen molar-refractivity contribution in [3.05, 3.63) is 22.2 Å². The van der Waals surface area contributed by atoms with Crippen LogP contribution in [0.4, 0.5) is 0 Å². The number of allylic oxidation sites excluding steroid dienone is 2. The molecule has 0 aromatic heterocycles. The van der Waals surface area contributed by atoms with Gasteiger partial charge in [0.2, 0.25) is 5.91 Å². The fourth-order valence-corrected chi connectivity index (χ4v) is 1.50. The second-order valence-electron chi connectivity index (χ2n) is 3.61. The van der Waals surface area contributed by atoms with Crippen LogP contribution in [0.2, 0.25) is 0 Å². The van der Waals surface area contributed by atoms with E-state index in [1.54, 1.807) is 0 Å². The van der Waals surface area contributed by atoms with Crippen LogP contribution in [0.5, 0.6) is 0 Å². The zero-order chi connectivity index (χ0) is 12.4. The van der Waals surface area contributed by atoms with Gasteiger partial charge in [0.15, 0.2) is 0 Å². The molecule has 0 bridgehead atoms. The largest absolute Gasteiger partial charge is 0.356 e. The molecule has 4 heteroatoms. The van der Waals surface area contributed by atoms with Gasteiger partial charge in [0.25, 0.3) is 0 Å². The van der Waals surface area contributed by atoms with Crippen LogP contribution in [0.15, 0.2) is 22.2 Å². The van der Waals surface area contributed by atoms with Crippen LogP contribution in [-0.4, -0.2) is 25.5 Å². The van der Waals surface area contributed by atoms with Crippen molar-refractivity contribution in [1.82, 2.24) is 10.6 Å². The lowest BCUT2D eigenvalue weighted by atomic mass is 10.2. The van der Waals surface area contributed by atoms with Gasteiger partial charge in [-0.1, -0.05) is 22.0 Å². The lowest BCUT2D eigenvalue weighted by Crippen LogP contribution is -2.25. The minimum atomic E-state index is 0.0342. The van der Waals surface area contributed by atoms with Crippen LogP contribution in [0.25, 0.3) is 0 Å². The first-order valence-electron chi connectivity index (χ1n) is 5.50. The van der Waals surface area contributed by atoms with E-state index in [0.29, 0.717) is 0 Å². The second kappa shape index (κ2) is 9.60. The smallest absolute Gasteiger partial charge is 0.216 e. The van der Waals surface area contributed by atoms with Gasteiger partial charge < -0.3 is 10.6 Å². The van der Waals surface area contributed by atoms with Gasteiger partial charge in [-0.15, -0.1) is 0 Å². The molecule has 0 atom stereocenters. The number of hydrogen-bond acceptors (Lipinski definition) is 2. The molecule has 0 saturated carbocycles. The van der Waals surface area contributed by atoms with E-state index in [9.17, 15) is 4.79 Å². The van der Waals surface area contributed by atoms with Crippen molar-refractivity contribution in [1.29, 1.82) is 0 Å². The van der Waals surface area contributed by atoms with Crippen molar-refractivity contribution in [3.8, 4) is 0 Å². The Morgan fingerprint density at radius 1 is 1.31 bits per heavy atom. The third-order valence-electron chi connectivity index (χ3n) is 1.99. The Kier molecular flexibility index (Phi) is 9.24. The van der Waals surface area contributed by atoms with Crippen LogP contribution in [0.1, 0.15) is 27.2 Å². The van der Waals surface area contributed by atoms with E-state index < -0.39 is 0 Å². The lowest BCUT2D eigenvalue weighted by Gasteiger charge is -2.06. The third kappa shape index (κ3) is 9.93. The Hall–Kier alpha value is -0.610. The van der Waals surface area contributed by atoms with Gasteiger partial charge in [-0.05, 0) is 42.9 Å². The summed E-state index contributed by atoms with van der Waals surface area (Å²) < 4.78 is 1.13. The number of hydrogen-bond donors (Lipinski definition) is 2. The van der Waals surface area contributed by atoms with Crippen molar-refractivity contribution in [2.75, 3.05) is 19.6 Å². The monoisotopic (exact) mass is 288 g/mol. The topological polar surface area (TPSA) is 41.1 Å². The summed E-state index contributed by atoms with van der Waals surface area (Å²) in [6.45, 7) is 8.09. The standard InChI is InChI=1S/C12H21BrN2O/c1-4-12(8-10(2)13)9-14-6-5-7-15-11(3)16/h4,8,14H,5-7,9H2,1-3H3,(H,15,16)/b10-8+,12-4+. The Morgan fingerprint density at radius 3 is 2.50 bits per heavy atom. The molecule has 0 fully saturated rings. The Morgan fingerprint density at radius 2 is 2.00 bits per heavy atom. The maximum atomic E-state index is 10.6. The number of rotatable bonds is 7.